The Balaban J connectivity index is 2.30. The van der Waals surface area contributed by atoms with Gasteiger partial charge in [-0.25, -0.2) is 4.79 Å². The first-order valence-electron chi connectivity index (χ1n) is 6.00. The smallest absolute Gasteiger partial charge is 0.405 e. The van der Waals surface area contributed by atoms with Crippen LogP contribution in [0.15, 0.2) is 60.7 Å². The molecule has 0 heterocycles. The molecule has 2 aromatic carbocycles. The lowest BCUT2D eigenvalue weighted by atomic mass is 9.96. The molecule has 0 aromatic heterocycles. The van der Waals surface area contributed by atoms with Crippen molar-refractivity contribution in [2.24, 2.45) is 11.5 Å². The molecular weight excluding hydrogens is 240 g/mol. The van der Waals surface area contributed by atoms with Crippen molar-refractivity contribution in [2.45, 2.75) is 12.1 Å². The molecule has 4 nitrogen and oxygen atoms in total. The van der Waals surface area contributed by atoms with Gasteiger partial charge in [-0.05, 0) is 11.1 Å². The van der Waals surface area contributed by atoms with Crippen molar-refractivity contribution < 1.29 is 9.53 Å². The van der Waals surface area contributed by atoms with E-state index in [9.17, 15) is 4.79 Å². The Labute approximate surface area is 112 Å². The number of benzene rings is 2. The number of amides is 1. The maximum atomic E-state index is 11.1. The molecule has 0 spiro atoms. The summed E-state index contributed by atoms with van der Waals surface area (Å²) in [5.41, 5.74) is 13.0. The Morgan fingerprint density at radius 3 is 1.84 bits per heavy atom. The van der Waals surface area contributed by atoms with Crippen LogP contribution < -0.4 is 11.5 Å². The summed E-state index contributed by atoms with van der Waals surface area (Å²) in [7, 11) is 0. The molecule has 1 amide bonds. The lowest BCUT2D eigenvalue weighted by Crippen LogP contribution is -2.27. The summed E-state index contributed by atoms with van der Waals surface area (Å²) in [5.74, 6) is 0. The van der Waals surface area contributed by atoms with Crippen LogP contribution in [0.5, 0.6) is 0 Å². The monoisotopic (exact) mass is 256 g/mol. The third-order valence-electron chi connectivity index (χ3n) is 2.88. The van der Waals surface area contributed by atoms with Crippen LogP contribution in [-0.4, -0.2) is 6.09 Å². The fraction of sp³-hybridized carbons (Fsp3) is 0.133. The second kappa shape index (κ2) is 6.02. The maximum Gasteiger partial charge on any atom is 0.405 e. The summed E-state index contributed by atoms with van der Waals surface area (Å²) < 4.78 is 5.17. The van der Waals surface area contributed by atoms with E-state index in [1.165, 1.54) is 0 Å². The van der Waals surface area contributed by atoms with E-state index >= 15 is 0 Å². The summed E-state index contributed by atoms with van der Waals surface area (Å²) in [4.78, 5) is 11.1. The van der Waals surface area contributed by atoms with Crippen molar-refractivity contribution in [3.8, 4) is 0 Å². The highest BCUT2D eigenvalue weighted by Gasteiger charge is 2.24. The van der Waals surface area contributed by atoms with Gasteiger partial charge in [0.15, 0.2) is 0 Å². The maximum absolute atomic E-state index is 11.1. The number of hydrogen-bond donors (Lipinski definition) is 2. The predicted octanol–water partition coefficient (Wildman–Crippen LogP) is 2.52. The fourth-order valence-electron chi connectivity index (χ4n) is 1.97. The Hall–Kier alpha value is -2.33. The summed E-state index contributed by atoms with van der Waals surface area (Å²) in [6.07, 6.45) is -1.43. The number of primary amides is 1. The van der Waals surface area contributed by atoms with Gasteiger partial charge < -0.3 is 16.2 Å². The molecule has 2 rings (SSSR count). The Morgan fingerprint density at radius 2 is 1.37 bits per heavy atom. The van der Waals surface area contributed by atoms with Gasteiger partial charge in [0.05, 0.1) is 6.04 Å². The number of rotatable bonds is 4. The average Bonchev–Trinajstić information content (AvgIpc) is 2.46. The first-order chi connectivity index (χ1) is 9.18. The van der Waals surface area contributed by atoms with Crippen LogP contribution in [0.4, 0.5) is 4.79 Å². The zero-order valence-corrected chi connectivity index (χ0v) is 10.4. The lowest BCUT2D eigenvalue weighted by molar-refractivity contribution is 0.0901. The van der Waals surface area contributed by atoms with Crippen molar-refractivity contribution in [3.05, 3.63) is 71.8 Å². The van der Waals surface area contributed by atoms with E-state index in [0.717, 1.165) is 11.1 Å². The van der Waals surface area contributed by atoms with E-state index in [4.69, 9.17) is 16.2 Å². The van der Waals surface area contributed by atoms with Crippen molar-refractivity contribution >= 4 is 6.09 Å². The van der Waals surface area contributed by atoms with Gasteiger partial charge in [-0.1, -0.05) is 60.7 Å². The number of carbonyl (C=O) groups is 1. The highest BCUT2D eigenvalue weighted by molar-refractivity contribution is 5.65. The molecule has 98 valence electrons. The predicted molar refractivity (Wildman–Crippen MR) is 73.2 cm³/mol. The molecule has 0 aliphatic rings. The van der Waals surface area contributed by atoms with Gasteiger partial charge in [0.2, 0.25) is 0 Å². The van der Waals surface area contributed by atoms with Crippen LogP contribution in [0, 0.1) is 0 Å². The van der Waals surface area contributed by atoms with E-state index in [1.54, 1.807) is 0 Å². The van der Waals surface area contributed by atoms with Gasteiger partial charge in [0.25, 0.3) is 0 Å². The largest absolute Gasteiger partial charge is 0.439 e. The van der Waals surface area contributed by atoms with Crippen LogP contribution >= 0.6 is 0 Å². The zero-order chi connectivity index (χ0) is 13.7. The molecule has 0 bridgehead atoms. The lowest BCUT2D eigenvalue weighted by Gasteiger charge is -2.24. The Morgan fingerprint density at radius 1 is 0.895 bits per heavy atom. The quantitative estimate of drug-likeness (QED) is 0.882. The molecule has 0 aliphatic heterocycles. The van der Waals surface area contributed by atoms with Crippen LogP contribution in [0.1, 0.15) is 23.3 Å². The van der Waals surface area contributed by atoms with Gasteiger partial charge in [0.1, 0.15) is 6.10 Å². The topological polar surface area (TPSA) is 78.3 Å². The Bertz CT molecular complexity index is 528. The van der Waals surface area contributed by atoms with Crippen molar-refractivity contribution in [2.75, 3.05) is 0 Å². The summed E-state index contributed by atoms with van der Waals surface area (Å²) >= 11 is 0. The van der Waals surface area contributed by atoms with Crippen molar-refractivity contribution in [1.82, 2.24) is 0 Å². The summed E-state index contributed by atoms with van der Waals surface area (Å²) in [6, 6.07) is 18.3. The second-order valence-electron chi connectivity index (χ2n) is 4.20. The molecule has 2 atom stereocenters. The Kier molecular flexibility index (Phi) is 4.15. The number of ether oxygens (including phenoxy) is 1. The van der Waals surface area contributed by atoms with Gasteiger partial charge in [-0.2, -0.15) is 0 Å². The highest BCUT2D eigenvalue weighted by atomic mass is 16.6. The van der Waals surface area contributed by atoms with Crippen molar-refractivity contribution in [3.63, 3.8) is 0 Å². The molecule has 2 aromatic rings. The second-order valence-corrected chi connectivity index (χ2v) is 4.20. The van der Waals surface area contributed by atoms with Crippen LogP contribution in [0.25, 0.3) is 0 Å². The summed E-state index contributed by atoms with van der Waals surface area (Å²) in [6.45, 7) is 0. The van der Waals surface area contributed by atoms with E-state index < -0.39 is 18.2 Å². The van der Waals surface area contributed by atoms with E-state index in [-0.39, 0.29) is 0 Å². The normalized spacial score (nSPS) is 13.5. The van der Waals surface area contributed by atoms with Gasteiger partial charge in [-0.3, -0.25) is 0 Å². The van der Waals surface area contributed by atoms with E-state index in [0.29, 0.717) is 0 Å². The van der Waals surface area contributed by atoms with Gasteiger partial charge >= 0.3 is 6.09 Å². The van der Waals surface area contributed by atoms with Gasteiger partial charge in [-0.15, -0.1) is 0 Å². The first-order valence-corrected chi connectivity index (χ1v) is 6.00. The zero-order valence-electron chi connectivity index (χ0n) is 10.4. The SMILES string of the molecule is NC(=O)O[C@@H](c1ccccc1)[C@@H](N)c1ccccc1. The molecule has 19 heavy (non-hydrogen) atoms. The third-order valence-corrected chi connectivity index (χ3v) is 2.88. The molecule has 0 saturated carbocycles. The molecule has 4 N–H and O–H groups in total. The molecule has 0 radical (unpaired) electrons. The number of carbonyl (C=O) groups excluding carboxylic acids is 1. The standard InChI is InChI=1S/C15H16N2O2/c16-13(11-7-3-1-4-8-11)14(19-15(17)18)12-9-5-2-6-10-12/h1-10,13-14H,16H2,(H2,17,18)/t13-,14-/m0/s1. The molecule has 0 saturated heterocycles. The molecule has 0 unspecified atom stereocenters. The van der Waals surface area contributed by atoms with Crippen LogP contribution in [0.2, 0.25) is 0 Å². The van der Waals surface area contributed by atoms with Gasteiger partial charge in [0, 0.05) is 0 Å². The van der Waals surface area contributed by atoms with E-state index in [1.807, 2.05) is 60.7 Å². The number of hydrogen-bond acceptors (Lipinski definition) is 3. The average molecular weight is 256 g/mol. The minimum absolute atomic E-state index is 0.462. The molecular formula is C15H16N2O2. The van der Waals surface area contributed by atoms with Crippen LogP contribution in [0.3, 0.4) is 0 Å². The third kappa shape index (κ3) is 3.33. The number of nitrogens with two attached hydrogens (primary N) is 2. The first kappa shape index (κ1) is 13.1. The molecule has 4 heteroatoms. The van der Waals surface area contributed by atoms with E-state index in [2.05, 4.69) is 0 Å². The fourth-order valence-corrected chi connectivity index (χ4v) is 1.97. The highest BCUT2D eigenvalue weighted by Crippen LogP contribution is 2.29. The molecule has 0 fully saturated rings. The summed E-state index contributed by atoms with van der Waals surface area (Å²) in [5, 5.41) is 0. The van der Waals surface area contributed by atoms with Crippen LogP contribution in [-0.2, 0) is 4.74 Å². The molecule has 0 aliphatic carbocycles. The minimum Gasteiger partial charge on any atom is -0.439 e. The minimum atomic E-state index is -0.833. The van der Waals surface area contributed by atoms with Crippen molar-refractivity contribution in [1.29, 1.82) is 0 Å².